The normalized spacial score (nSPS) is 21.8. The first-order chi connectivity index (χ1) is 5.20. The molecule has 0 aromatic heterocycles. The fraction of sp³-hybridized carbons (Fsp3) is 0.600. The lowest BCUT2D eigenvalue weighted by Gasteiger charge is -2.06. The molecule has 0 saturated carbocycles. The lowest BCUT2D eigenvalue weighted by molar-refractivity contribution is 0.527. The van der Waals surface area contributed by atoms with Crippen molar-refractivity contribution in [2.24, 2.45) is 5.92 Å². The van der Waals surface area contributed by atoms with Gasteiger partial charge in [-0.25, -0.2) is 0 Å². The molecule has 1 unspecified atom stereocenters. The molecule has 0 spiro atoms. The lowest BCUT2D eigenvalue weighted by atomic mass is 10.00. The van der Waals surface area contributed by atoms with E-state index in [0.29, 0.717) is 0 Å². The molecule has 0 heterocycles. The van der Waals surface area contributed by atoms with E-state index in [1.165, 1.54) is 18.9 Å². The van der Waals surface area contributed by atoms with Crippen LogP contribution in [0.15, 0.2) is 23.8 Å². The van der Waals surface area contributed by atoms with Crippen molar-refractivity contribution in [2.45, 2.75) is 27.2 Å². The van der Waals surface area contributed by atoms with E-state index in [2.05, 4.69) is 32.1 Å². The van der Waals surface area contributed by atoms with Gasteiger partial charge in [-0.15, -0.1) is 0 Å². The van der Waals surface area contributed by atoms with E-state index < -0.39 is 0 Å². The number of halogens is 1. The zero-order chi connectivity index (χ0) is 8.69. The van der Waals surface area contributed by atoms with Gasteiger partial charge in [-0.1, -0.05) is 30.7 Å². The Morgan fingerprint density at radius 1 is 1.64 bits per heavy atom. The minimum atomic E-state index is -0.250. The first-order valence-corrected chi connectivity index (χ1v) is 4.11. The molecule has 0 fully saturated rings. The second kappa shape index (κ2) is 6.14. The first kappa shape index (κ1) is 10.4. The Morgan fingerprint density at radius 2 is 2.18 bits per heavy atom. The molecule has 0 saturated heterocycles. The molecule has 1 heteroatoms. The third-order valence-electron chi connectivity index (χ3n) is 1.50. The van der Waals surface area contributed by atoms with Crippen LogP contribution in [-0.2, 0) is 0 Å². The molecule has 0 aliphatic heterocycles. The molecule has 0 aromatic carbocycles. The van der Waals surface area contributed by atoms with Gasteiger partial charge in [0.25, 0.3) is 0 Å². The molecule has 0 aromatic rings. The summed E-state index contributed by atoms with van der Waals surface area (Å²) < 4.78 is 10.3. The van der Waals surface area contributed by atoms with Crippen molar-refractivity contribution in [2.75, 3.05) is 6.67 Å². The van der Waals surface area contributed by atoms with Crippen LogP contribution in [0.25, 0.3) is 0 Å². The number of alkyl halides is 1. The average Bonchev–Trinajstić information content (AvgIpc) is 1.97. The quantitative estimate of drug-likeness (QED) is 0.503. The summed E-state index contributed by atoms with van der Waals surface area (Å²) in [6.07, 6.45) is 7.95. The second-order valence-electron chi connectivity index (χ2n) is 2.79. The summed E-state index contributed by atoms with van der Waals surface area (Å²) in [4.78, 5) is 0. The highest BCUT2D eigenvalue weighted by atomic mass is 19.1. The Morgan fingerprint density at radius 3 is 2.45 bits per heavy atom. The summed E-state index contributed by atoms with van der Waals surface area (Å²) in [6, 6.07) is 0. The summed E-state index contributed by atoms with van der Waals surface area (Å²) in [5.74, 6) is 0.763. The van der Waals surface area contributed by atoms with Gasteiger partial charge in [0.2, 0.25) is 0 Å². The topological polar surface area (TPSA) is 0 Å². The van der Waals surface area contributed by atoms with Crippen LogP contribution >= 0.6 is 0 Å². The maximum Gasteiger partial charge on any atom is 0.0866 e. The highest BCUT2D eigenvalue weighted by molar-refractivity contribution is 5.20. The summed E-state index contributed by atoms with van der Waals surface area (Å²) in [5, 5.41) is 0. The summed E-state index contributed by atoms with van der Waals surface area (Å²) in [6.45, 7) is 5.59. The number of rotatable bonds is 0. The Bertz CT molecular complexity index is 145. The zero-order valence-corrected chi connectivity index (χ0v) is 7.60. The van der Waals surface area contributed by atoms with E-state index in [9.17, 15) is 4.39 Å². The van der Waals surface area contributed by atoms with Gasteiger partial charge in [-0.3, -0.25) is 4.39 Å². The minimum absolute atomic E-state index is 0.250. The Kier molecular flexibility index (Phi) is 5.81. The fourth-order valence-corrected chi connectivity index (χ4v) is 0.834. The third kappa shape index (κ3) is 5.84. The number of hydrogen-bond acceptors (Lipinski definition) is 0. The van der Waals surface area contributed by atoms with Crippen molar-refractivity contribution >= 4 is 0 Å². The van der Waals surface area contributed by atoms with E-state index >= 15 is 0 Å². The Balaban J connectivity index is 0.000000292. The standard InChI is InChI=1S/C8H12.C2H5F/c1-7-3-5-8(2)6-4-7;1-2-3/h3-5,8H,6H2,1-2H3;2H2,1H3. The van der Waals surface area contributed by atoms with Gasteiger partial charge >= 0.3 is 0 Å². The molecular formula is C10H17F. The fourth-order valence-electron chi connectivity index (χ4n) is 0.834. The molecule has 0 amide bonds. The van der Waals surface area contributed by atoms with Crippen LogP contribution in [-0.4, -0.2) is 6.67 Å². The Labute approximate surface area is 68.8 Å². The van der Waals surface area contributed by atoms with Gasteiger partial charge in [-0.05, 0) is 26.2 Å². The molecule has 1 aliphatic rings. The van der Waals surface area contributed by atoms with Crippen LogP contribution in [0.1, 0.15) is 27.2 Å². The molecule has 1 atom stereocenters. The third-order valence-corrected chi connectivity index (χ3v) is 1.50. The molecule has 1 rings (SSSR count). The van der Waals surface area contributed by atoms with Crippen LogP contribution in [0.5, 0.6) is 0 Å². The van der Waals surface area contributed by atoms with Gasteiger partial charge in [0.1, 0.15) is 0 Å². The minimum Gasteiger partial charge on any atom is -0.251 e. The van der Waals surface area contributed by atoms with E-state index in [1.54, 1.807) is 0 Å². The predicted octanol–water partition coefficient (Wildman–Crippen LogP) is 3.50. The van der Waals surface area contributed by atoms with Crippen molar-refractivity contribution in [1.29, 1.82) is 0 Å². The monoisotopic (exact) mass is 156 g/mol. The molecule has 0 N–H and O–H groups in total. The van der Waals surface area contributed by atoms with Gasteiger partial charge in [-0.2, -0.15) is 0 Å². The van der Waals surface area contributed by atoms with Crippen LogP contribution in [0.2, 0.25) is 0 Å². The maximum absolute atomic E-state index is 10.3. The van der Waals surface area contributed by atoms with Gasteiger partial charge in [0, 0.05) is 0 Å². The highest BCUT2D eigenvalue weighted by Crippen LogP contribution is 2.13. The van der Waals surface area contributed by atoms with Crippen LogP contribution in [0, 0.1) is 5.92 Å². The summed E-state index contributed by atoms with van der Waals surface area (Å²) >= 11 is 0. The smallest absolute Gasteiger partial charge is 0.0866 e. The van der Waals surface area contributed by atoms with Crippen LogP contribution in [0.3, 0.4) is 0 Å². The zero-order valence-electron chi connectivity index (χ0n) is 7.60. The molecule has 64 valence electrons. The first-order valence-electron chi connectivity index (χ1n) is 4.11. The van der Waals surface area contributed by atoms with E-state index in [-0.39, 0.29) is 6.67 Å². The van der Waals surface area contributed by atoms with Crippen molar-refractivity contribution in [3.05, 3.63) is 23.8 Å². The van der Waals surface area contributed by atoms with Gasteiger partial charge < -0.3 is 0 Å². The average molecular weight is 156 g/mol. The summed E-state index contributed by atoms with van der Waals surface area (Å²) in [5.41, 5.74) is 1.41. The SMILES string of the molecule is CC1=CCC(C)C=C1.CCF. The van der Waals surface area contributed by atoms with E-state index in [4.69, 9.17) is 0 Å². The van der Waals surface area contributed by atoms with Gasteiger partial charge in [0.15, 0.2) is 0 Å². The van der Waals surface area contributed by atoms with Crippen LogP contribution < -0.4 is 0 Å². The summed E-state index contributed by atoms with van der Waals surface area (Å²) in [7, 11) is 0. The van der Waals surface area contributed by atoms with Crippen LogP contribution in [0.4, 0.5) is 4.39 Å². The van der Waals surface area contributed by atoms with Crippen molar-refractivity contribution in [3.8, 4) is 0 Å². The van der Waals surface area contributed by atoms with E-state index in [1.807, 2.05) is 0 Å². The molecular weight excluding hydrogens is 139 g/mol. The second-order valence-corrected chi connectivity index (χ2v) is 2.79. The number of allylic oxidation sites excluding steroid dienone is 4. The molecule has 0 nitrogen and oxygen atoms in total. The van der Waals surface area contributed by atoms with Crippen molar-refractivity contribution in [1.82, 2.24) is 0 Å². The predicted molar refractivity (Wildman–Crippen MR) is 48.3 cm³/mol. The largest absolute Gasteiger partial charge is 0.251 e. The molecule has 0 bridgehead atoms. The van der Waals surface area contributed by atoms with Crippen molar-refractivity contribution in [3.63, 3.8) is 0 Å². The molecule has 0 radical (unpaired) electrons. The molecule has 11 heavy (non-hydrogen) atoms. The van der Waals surface area contributed by atoms with Gasteiger partial charge in [0.05, 0.1) is 6.67 Å². The number of hydrogen-bond donors (Lipinski definition) is 0. The maximum atomic E-state index is 10.3. The van der Waals surface area contributed by atoms with Crippen molar-refractivity contribution < 1.29 is 4.39 Å². The van der Waals surface area contributed by atoms with E-state index in [0.717, 1.165) is 5.92 Å². The molecule has 1 aliphatic carbocycles. The highest BCUT2D eigenvalue weighted by Gasteiger charge is 1.97. The Hall–Kier alpha value is -0.590. The lowest BCUT2D eigenvalue weighted by Crippen LogP contribution is -1.91.